The van der Waals surface area contributed by atoms with E-state index < -0.39 is 33.6 Å². The minimum atomic E-state index is -3.57. The Morgan fingerprint density at radius 3 is 2.31 bits per heavy atom. The largest absolute Gasteiger partial charge is 0.346 e. The molecule has 0 spiro atoms. The van der Waals surface area contributed by atoms with Gasteiger partial charge in [-0.15, -0.1) is 0 Å². The molecule has 2 N–H and O–H groups in total. The molecule has 0 radical (unpaired) electrons. The van der Waals surface area contributed by atoms with Crippen LogP contribution in [0.3, 0.4) is 0 Å². The minimum Gasteiger partial charge on any atom is -0.346 e. The van der Waals surface area contributed by atoms with Crippen LogP contribution in [0.4, 0.5) is 8.78 Å². The summed E-state index contributed by atoms with van der Waals surface area (Å²) in [4.78, 5) is 12.4. The third-order valence-electron chi connectivity index (χ3n) is 4.12. The van der Waals surface area contributed by atoms with Crippen LogP contribution in [0.25, 0.3) is 0 Å². The molecule has 5 nitrogen and oxygen atoms in total. The maximum absolute atomic E-state index is 13.3. The van der Waals surface area contributed by atoms with Crippen molar-refractivity contribution in [1.82, 2.24) is 10.0 Å². The highest BCUT2D eigenvalue weighted by molar-refractivity contribution is 7.89. The van der Waals surface area contributed by atoms with Crippen LogP contribution in [0, 0.1) is 11.6 Å². The van der Waals surface area contributed by atoms with Crippen LogP contribution in [0.1, 0.15) is 41.7 Å². The molecular formula is C18H18F2N2O3S. The van der Waals surface area contributed by atoms with E-state index in [2.05, 4.69) is 10.0 Å². The van der Waals surface area contributed by atoms with E-state index in [0.717, 1.165) is 25.0 Å². The first-order valence-electron chi connectivity index (χ1n) is 8.14. The lowest BCUT2D eigenvalue weighted by atomic mass is 10.1. The molecule has 1 amide bonds. The highest BCUT2D eigenvalue weighted by atomic mass is 32.2. The summed E-state index contributed by atoms with van der Waals surface area (Å²) in [5.41, 5.74) is 0.690. The first kappa shape index (κ1) is 18.5. The third-order valence-corrected chi connectivity index (χ3v) is 5.65. The molecule has 26 heavy (non-hydrogen) atoms. The van der Waals surface area contributed by atoms with Gasteiger partial charge in [0.05, 0.1) is 10.9 Å². The molecule has 0 heterocycles. The van der Waals surface area contributed by atoms with Crippen molar-refractivity contribution in [3.8, 4) is 0 Å². The summed E-state index contributed by atoms with van der Waals surface area (Å²) < 4.78 is 53.1. The van der Waals surface area contributed by atoms with Crippen LogP contribution in [-0.2, 0) is 10.0 Å². The molecule has 2 aromatic carbocycles. The summed E-state index contributed by atoms with van der Waals surface area (Å²) in [6, 6.07) is 8.42. The average Bonchev–Trinajstić information content (AvgIpc) is 3.40. The molecule has 3 rings (SSSR count). The molecule has 1 saturated carbocycles. The van der Waals surface area contributed by atoms with Crippen LogP contribution in [0.5, 0.6) is 0 Å². The number of hydrogen-bond acceptors (Lipinski definition) is 3. The number of carbonyl (C=O) groups is 1. The van der Waals surface area contributed by atoms with E-state index in [4.69, 9.17) is 0 Å². The SMILES string of the molecule is C[C@@H](NC(=O)c1ccc(S(=O)(=O)NC2CC2)cc1)c1ccc(F)c(F)c1. The van der Waals surface area contributed by atoms with Gasteiger partial charge in [0, 0.05) is 11.6 Å². The molecule has 1 atom stereocenters. The van der Waals surface area contributed by atoms with Crippen LogP contribution < -0.4 is 10.0 Å². The molecule has 1 aliphatic rings. The van der Waals surface area contributed by atoms with Crippen molar-refractivity contribution in [2.45, 2.75) is 36.7 Å². The molecule has 1 aliphatic carbocycles. The number of benzene rings is 2. The number of sulfonamides is 1. The van der Waals surface area contributed by atoms with Gasteiger partial charge in [-0.2, -0.15) is 0 Å². The number of amides is 1. The van der Waals surface area contributed by atoms with Gasteiger partial charge in [0.1, 0.15) is 0 Å². The van der Waals surface area contributed by atoms with E-state index in [0.29, 0.717) is 5.56 Å². The highest BCUT2D eigenvalue weighted by Crippen LogP contribution is 2.22. The lowest BCUT2D eigenvalue weighted by Crippen LogP contribution is -2.27. The molecule has 2 aromatic rings. The second-order valence-corrected chi connectivity index (χ2v) is 8.00. The summed E-state index contributed by atoms with van der Waals surface area (Å²) in [5, 5.41) is 2.67. The van der Waals surface area contributed by atoms with Gasteiger partial charge >= 0.3 is 0 Å². The maximum Gasteiger partial charge on any atom is 0.251 e. The molecule has 8 heteroatoms. The lowest BCUT2D eigenvalue weighted by Gasteiger charge is -2.15. The Hall–Kier alpha value is -2.32. The van der Waals surface area contributed by atoms with Crippen molar-refractivity contribution in [2.75, 3.05) is 0 Å². The van der Waals surface area contributed by atoms with Crippen LogP contribution in [0.15, 0.2) is 47.4 Å². The molecule has 0 bridgehead atoms. The van der Waals surface area contributed by atoms with E-state index >= 15 is 0 Å². The molecule has 0 saturated heterocycles. The standard InChI is InChI=1S/C18H18F2N2O3S/c1-11(13-4-9-16(19)17(20)10-13)21-18(23)12-2-7-15(8-3-12)26(24,25)22-14-5-6-14/h2-4,7-11,14,22H,5-6H2,1H3,(H,21,23)/t11-/m1/s1. The first-order chi connectivity index (χ1) is 12.3. The van der Waals surface area contributed by atoms with E-state index in [-0.39, 0.29) is 16.5 Å². The van der Waals surface area contributed by atoms with E-state index in [1.54, 1.807) is 6.92 Å². The van der Waals surface area contributed by atoms with Crippen molar-refractivity contribution in [3.05, 3.63) is 65.2 Å². The van der Waals surface area contributed by atoms with Gasteiger partial charge < -0.3 is 5.32 Å². The Bertz CT molecular complexity index is 926. The Labute approximate surface area is 150 Å². The van der Waals surface area contributed by atoms with E-state index in [9.17, 15) is 22.0 Å². The first-order valence-corrected chi connectivity index (χ1v) is 9.63. The Morgan fingerprint density at radius 1 is 1.08 bits per heavy atom. The van der Waals surface area contributed by atoms with Crippen molar-refractivity contribution in [2.24, 2.45) is 0 Å². The van der Waals surface area contributed by atoms with Gasteiger partial charge in [-0.25, -0.2) is 21.9 Å². The topological polar surface area (TPSA) is 75.3 Å². The number of hydrogen-bond donors (Lipinski definition) is 2. The number of rotatable bonds is 6. The van der Waals surface area contributed by atoms with E-state index in [1.807, 2.05) is 0 Å². The quantitative estimate of drug-likeness (QED) is 0.809. The van der Waals surface area contributed by atoms with Gasteiger partial charge in [-0.3, -0.25) is 4.79 Å². The predicted molar refractivity (Wildman–Crippen MR) is 92.0 cm³/mol. The van der Waals surface area contributed by atoms with Crippen molar-refractivity contribution >= 4 is 15.9 Å². The Kier molecular flexibility index (Phi) is 5.06. The van der Waals surface area contributed by atoms with Gasteiger partial charge in [0.25, 0.3) is 5.91 Å². The monoisotopic (exact) mass is 380 g/mol. The summed E-state index contributed by atoms with van der Waals surface area (Å²) in [5.74, 6) is -2.38. The fourth-order valence-electron chi connectivity index (χ4n) is 2.42. The van der Waals surface area contributed by atoms with Crippen LogP contribution in [0.2, 0.25) is 0 Å². The molecule has 138 valence electrons. The zero-order valence-corrected chi connectivity index (χ0v) is 14.8. The van der Waals surface area contributed by atoms with Gasteiger partial charge in [-0.05, 0) is 61.7 Å². The van der Waals surface area contributed by atoms with Crippen molar-refractivity contribution < 1.29 is 22.0 Å². The minimum absolute atomic E-state index is 0.0000654. The van der Waals surface area contributed by atoms with Gasteiger partial charge in [0.2, 0.25) is 10.0 Å². The second kappa shape index (κ2) is 7.13. The zero-order chi connectivity index (χ0) is 18.9. The average molecular weight is 380 g/mol. The summed E-state index contributed by atoms with van der Waals surface area (Å²) >= 11 is 0. The van der Waals surface area contributed by atoms with Crippen molar-refractivity contribution in [1.29, 1.82) is 0 Å². The number of carbonyl (C=O) groups excluding carboxylic acids is 1. The van der Waals surface area contributed by atoms with Gasteiger partial charge in [-0.1, -0.05) is 6.07 Å². The molecule has 1 fully saturated rings. The normalized spacial score (nSPS) is 15.5. The lowest BCUT2D eigenvalue weighted by molar-refractivity contribution is 0.0939. The molecule has 0 unspecified atom stereocenters. The molecule has 0 aliphatic heterocycles. The van der Waals surface area contributed by atoms with E-state index in [1.165, 1.54) is 30.3 Å². The fraction of sp³-hybridized carbons (Fsp3) is 0.278. The maximum atomic E-state index is 13.3. The number of halogens is 2. The zero-order valence-electron chi connectivity index (χ0n) is 14.0. The highest BCUT2D eigenvalue weighted by Gasteiger charge is 2.28. The Morgan fingerprint density at radius 2 is 1.73 bits per heavy atom. The predicted octanol–water partition coefficient (Wildman–Crippen LogP) is 2.90. The smallest absolute Gasteiger partial charge is 0.251 e. The number of nitrogens with one attached hydrogen (secondary N) is 2. The molecular weight excluding hydrogens is 362 g/mol. The summed E-state index contributed by atoms with van der Waals surface area (Å²) in [7, 11) is -3.57. The summed E-state index contributed by atoms with van der Waals surface area (Å²) in [6.45, 7) is 1.64. The second-order valence-electron chi connectivity index (χ2n) is 6.29. The molecule has 0 aromatic heterocycles. The van der Waals surface area contributed by atoms with Gasteiger partial charge in [0.15, 0.2) is 11.6 Å². The van der Waals surface area contributed by atoms with Crippen LogP contribution >= 0.6 is 0 Å². The summed E-state index contributed by atoms with van der Waals surface area (Å²) in [6.07, 6.45) is 1.67. The third kappa shape index (κ3) is 4.25. The van der Waals surface area contributed by atoms with Crippen molar-refractivity contribution in [3.63, 3.8) is 0 Å². The van der Waals surface area contributed by atoms with Crippen LogP contribution in [-0.4, -0.2) is 20.4 Å². The Balaban J connectivity index is 1.68. The fourth-order valence-corrected chi connectivity index (χ4v) is 3.72.